The van der Waals surface area contributed by atoms with E-state index in [2.05, 4.69) is 331 Å². The van der Waals surface area contributed by atoms with Gasteiger partial charge in [-0.2, -0.15) is 8.97 Å². The van der Waals surface area contributed by atoms with Gasteiger partial charge >= 0.3 is 0 Å². The first-order valence-corrected chi connectivity index (χ1v) is 30.8. The number of fused-ring (bicyclic) bond motifs is 6. The number of nitrogens with zero attached hydrogens (tertiary/aromatic N) is 2. The first-order chi connectivity index (χ1) is 42.1. The Hall–Kier alpha value is -9.76. The molecule has 14 rings (SSSR count). The molecule has 1 aliphatic rings. The molecular formula is C84H72N2+2. The zero-order valence-electron chi connectivity index (χ0n) is 50.5. The monoisotopic (exact) mass is 1110 g/mol. The molecule has 0 aliphatic carbocycles. The molecule has 2 heteroatoms. The Morgan fingerprint density at radius 1 is 0.337 bits per heavy atom. The molecule has 10 aromatic carbocycles. The van der Waals surface area contributed by atoms with E-state index in [0.29, 0.717) is 0 Å². The van der Waals surface area contributed by atoms with E-state index in [0.717, 1.165) is 19.3 Å². The van der Waals surface area contributed by atoms with Crippen LogP contribution in [0.15, 0.2) is 273 Å². The topological polar surface area (TPSA) is 7.98 Å². The zero-order valence-corrected chi connectivity index (χ0v) is 50.5. The molecule has 416 valence electrons. The van der Waals surface area contributed by atoms with Crippen molar-refractivity contribution >= 4 is 16.3 Å². The summed E-state index contributed by atoms with van der Waals surface area (Å²) in [6.45, 7) is 16.6. The van der Waals surface area contributed by atoms with Gasteiger partial charge in [0.05, 0.1) is 16.4 Å². The highest BCUT2D eigenvalue weighted by Gasteiger charge is 2.59. The minimum absolute atomic E-state index is 0.218. The van der Waals surface area contributed by atoms with Crippen molar-refractivity contribution in [3.05, 3.63) is 307 Å². The molecule has 3 aromatic heterocycles. The molecule has 2 unspecified atom stereocenters. The lowest BCUT2D eigenvalue weighted by Gasteiger charge is -2.48. The molecule has 0 saturated heterocycles. The van der Waals surface area contributed by atoms with E-state index in [9.17, 15) is 0 Å². The normalized spacial score (nSPS) is 15.4. The van der Waals surface area contributed by atoms with Gasteiger partial charge in [0.15, 0.2) is 24.1 Å². The lowest BCUT2D eigenvalue weighted by atomic mass is 9.57. The molecule has 13 aromatic rings. The maximum atomic E-state index is 2.63. The van der Waals surface area contributed by atoms with Crippen molar-refractivity contribution in [1.29, 1.82) is 0 Å². The van der Waals surface area contributed by atoms with E-state index < -0.39 is 0 Å². The van der Waals surface area contributed by atoms with Crippen LogP contribution in [0.5, 0.6) is 0 Å². The van der Waals surface area contributed by atoms with E-state index >= 15 is 0 Å². The van der Waals surface area contributed by atoms with Crippen LogP contribution in [0.4, 0.5) is 0 Å². The van der Waals surface area contributed by atoms with Crippen LogP contribution in [0, 0.1) is 27.7 Å². The molecule has 2 nitrogen and oxygen atoms in total. The van der Waals surface area contributed by atoms with Crippen molar-refractivity contribution in [2.75, 3.05) is 0 Å². The Labute approximate surface area is 508 Å². The van der Waals surface area contributed by atoms with Crippen LogP contribution < -0.4 is 8.97 Å². The highest BCUT2D eigenvalue weighted by Crippen LogP contribution is 2.53. The van der Waals surface area contributed by atoms with E-state index in [-0.39, 0.29) is 11.0 Å². The standard InChI is InChI=1S/C84H72N2/c1-8-83(7)84(9-2,54-69-55-85-45-26-24-41-80(85)71-40-23-22-39-70(69)71)79-44-43-65(48-78(79)81-42-25-27-46-86(81)83)64-37-28-38-66(47-64)82-58(5)76(67-49-72(60-29-14-10-15-30-60)56(3)73(50-67)61-31-16-11-17-32-61)53-77(59(82)6)68-51-74(62-33-18-12-19-34-62)57(4)75(52-68)63-35-20-13-21-36-63/h10-53,55H,8-9,54H2,1-7H3/q+2. The van der Waals surface area contributed by atoms with Crippen molar-refractivity contribution < 1.29 is 8.97 Å². The van der Waals surface area contributed by atoms with Gasteiger partial charge in [-0.3, -0.25) is 0 Å². The van der Waals surface area contributed by atoms with Gasteiger partial charge in [0, 0.05) is 43.2 Å². The van der Waals surface area contributed by atoms with Crippen LogP contribution >= 0.6 is 0 Å². The fourth-order valence-electron chi connectivity index (χ4n) is 15.2. The van der Waals surface area contributed by atoms with Crippen molar-refractivity contribution in [3.63, 3.8) is 0 Å². The number of pyridine rings is 3. The Balaban J connectivity index is 0.983. The average molecular weight is 1110 g/mol. The number of aromatic nitrogens is 2. The fraction of sp³-hybridized carbons (Fsp3) is 0.143. The van der Waals surface area contributed by atoms with E-state index in [1.165, 1.54) is 150 Å². The molecule has 0 amide bonds. The molecule has 0 bridgehead atoms. The lowest BCUT2D eigenvalue weighted by Crippen LogP contribution is -2.69. The van der Waals surface area contributed by atoms with Crippen LogP contribution in [-0.2, 0) is 17.4 Å². The molecule has 0 saturated carbocycles. The lowest BCUT2D eigenvalue weighted by molar-refractivity contribution is -0.765. The second kappa shape index (κ2) is 22.0. The maximum Gasteiger partial charge on any atom is 0.218 e. The third-order valence-electron chi connectivity index (χ3n) is 19.9. The van der Waals surface area contributed by atoms with E-state index in [4.69, 9.17) is 0 Å². The molecular weight excluding hydrogens is 1040 g/mol. The third-order valence-corrected chi connectivity index (χ3v) is 19.9. The van der Waals surface area contributed by atoms with Crippen molar-refractivity contribution in [2.24, 2.45) is 0 Å². The maximum absolute atomic E-state index is 2.63. The molecule has 0 spiro atoms. The zero-order chi connectivity index (χ0) is 58.7. The summed E-state index contributed by atoms with van der Waals surface area (Å²) >= 11 is 0. The van der Waals surface area contributed by atoms with Crippen LogP contribution in [0.2, 0.25) is 0 Å². The summed E-state index contributed by atoms with van der Waals surface area (Å²) in [6.07, 6.45) is 9.83. The van der Waals surface area contributed by atoms with Crippen LogP contribution in [0.25, 0.3) is 117 Å². The first kappa shape index (κ1) is 54.2. The van der Waals surface area contributed by atoms with Crippen molar-refractivity contribution in [2.45, 2.75) is 78.7 Å². The van der Waals surface area contributed by atoms with Crippen LogP contribution in [0.3, 0.4) is 0 Å². The van der Waals surface area contributed by atoms with Gasteiger partial charge in [-0.25, -0.2) is 0 Å². The molecule has 0 radical (unpaired) electrons. The molecule has 86 heavy (non-hydrogen) atoms. The number of benzene rings is 10. The highest BCUT2D eigenvalue weighted by atomic mass is 15.1. The molecule has 2 atom stereocenters. The average Bonchev–Trinajstić information content (AvgIpc) is 0.722. The highest BCUT2D eigenvalue weighted by molar-refractivity contribution is 5.97. The second-order valence-corrected chi connectivity index (χ2v) is 24.2. The summed E-state index contributed by atoms with van der Waals surface area (Å²) in [5, 5.41) is 2.62. The largest absolute Gasteiger partial charge is 0.218 e. The van der Waals surface area contributed by atoms with Gasteiger partial charge in [0.2, 0.25) is 11.2 Å². The summed E-state index contributed by atoms with van der Waals surface area (Å²) in [6, 6.07) is 95.3. The molecule has 0 N–H and O–H groups in total. The Morgan fingerprint density at radius 3 is 1.31 bits per heavy atom. The van der Waals surface area contributed by atoms with Crippen LogP contribution in [0.1, 0.15) is 67.0 Å². The Bertz CT molecular complexity index is 4450. The smallest absolute Gasteiger partial charge is 0.192 e. The summed E-state index contributed by atoms with van der Waals surface area (Å²) in [7, 11) is 0. The number of hydrogen-bond donors (Lipinski definition) is 0. The predicted octanol–water partition coefficient (Wildman–Crippen LogP) is 21.1. The SMILES string of the molecule is CCC1(Cc2c[n+]3ccccc3c3ccccc23)c2ccc(-c3cccc(-c4c(C)c(-c5cc(-c6ccccc6)c(C)c(-c6ccccc6)c5)cc(-c5cc(-c6ccccc6)c(C)c(-c6ccccc6)c5)c4C)c3)cc2-c2cccc[n+]2C1(C)CC. The predicted molar refractivity (Wildman–Crippen MR) is 361 cm³/mol. The Morgan fingerprint density at radius 2 is 0.779 bits per heavy atom. The van der Waals surface area contributed by atoms with Gasteiger partial charge in [0.25, 0.3) is 0 Å². The Kier molecular flexibility index (Phi) is 13.9. The third kappa shape index (κ3) is 9.01. The molecule has 1 aliphatic heterocycles. The van der Waals surface area contributed by atoms with Gasteiger partial charge in [-0.1, -0.05) is 184 Å². The number of hydrogen-bond acceptors (Lipinski definition) is 0. The summed E-state index contributed by atoms with van der Waals surface area (Å²) in [5.41, 5.74) is 30.7. The van der Waals surface area contributed by atoms with Gasteiger partial charge < -0.3 is 0 Å². The number of rotatable bonds is 12. The van der Waals surface area contributed by atoms with Crippen molar-refractivity contribution in [1.82, 2.24) is 0 Å². The quantitative estimate of drug-likeness (QED) is 0.0851. The second-order valence-electron chi connectivity index (χ2n) is 24.2. The van der Waals surface area contributed by atoms with Crippen molar-refractivity contribution in [3.8, 4) is 100 Å². The first-order valence-electron chi connectivity index (χ1n) is 30.8. The fourth-order valence-corrected chi connectivity index (χ4v) is 15.2. The summed E-state index contributed by atoms with van der Waals surface area (Å²) in [4.78, 5) is 0. The van der Waals surface area contributed by atoms with E-state index in [1.54, 1.807) is 0 Å². The summed E-state index contributed by atoms with van der Waals surface area (Å²) < 4.78 is 4.97. The van der Waals surface area contributed by atoms with Gasteiger partial charge in [0.1, 0.15) is 0 Å². The molecule has 0 fully saturated rings. The van der Waals surface area contributed by atoms with Crippen LogP contribution in [-0.4, -0.2) is 0 Å². The minimum Gasteiger partial charge on any atom is -0.192 e. The van der Waals surface area contributed by atoms with Gasteiger partial charge in [-0.15, -0.1) is 0 Å². The minimum atomic E-state index is -0.235. The molecule has 4 heterocycles. The summed E-state index contributed by atoms with van der Waals surface area (Å²) in [5.74, 6) is 0. The van der Waals surface area contributed by atoms with Gasteiger partial charge in [-0.05, 0) is 223 Å². The van der Waals surface area contributed by atoms with E-state index in [1.807, 2.05) is 0 Å².